The molecule has 1 aliphatic rings. The summed E-state index contributed by atoms with van der Waals surface area (Å²) in [5.74, 6) is 0.863. The molecule has 0 radical (unpaired) electrons. The van der Waals surface area contributed by atoms with Gasteiger partial charge >= 0.3 is 0 Å². The van der Waals surface area contributed by atoms with Crippen molar-refractivity contribution >= 4 is 17.3 Å². The first kappa shape index (κ1) is 18.2. The molecule has 0 aliphatic carbocycles. The van der Waals surface area contributed by atoms with Crippen LogP contribution in [0.1, 0.15) is 28.4 Å². The van der Waals surface area contributed by atoms with E-state index in [1.165, 1.54) is 11.3 Å². The maximum Gasteiger partial charge on any atom is 0.191 e. The Morgan fingerprint density at radius 2 is 2.04 bits per heavy atom. The van der Waals surface area contributed by atoms with Gasteiger partial charge in [0.05, 0.1) is 30.5 Å². The molecule has 130 valence electrons. The van der Waals surface area contributed by atoms with Crippen LogP contribution in [0.25, 0.3) is 0 Å². The van der Waals surface area contributed by atoms with Crippen molar-refractivity contribution in [3.63, 3.8) is 0 Å². The second-order valence-electron chi connectivity index (χ2n) is 5.76. The number of aliphatic imine (C=N–C) groups is 1. The number of unbranched alkanes of at least 4 members (excludes halogenated alkanes) is 1. The molecule has 7 heteroatoms. The summed E-state index contributed by atoms with van der Waals surface area (Å²) in [5.41, 5.74) is 1.11. The number of ether oxygens (including phenoxy) is 1. The van der Waals surface area contributed by atoms with Gasteiger partial charge in [-0.3, -0.25) is 9.89 Å². The molecule has 23 heavy (non-hydrogen) atoms. The third-order valence-corrected chi connectivity index (χ3v) is 5.01. The van der Waals surface area contributed by atoms with Crippen LogP contribution in [0.5, 0.6) is 0 Å². The van der Waals surface area contributed by atoms with Crippen LogP contribution >= 0.6 is 11.3 Å². The predicted molar refractivity (Wildman–Crippen MR) is 96.3 cm³/mol. The van der Waals surface area contributed by atoms with Gasteiger partial charge in [0, 0.05) is 31.6 Å². The van der Waals surface area contributed by atoms with Crippen LogP contribution in [-0.2, 0) is 11.3 Å². The Bertz CT molecular complexity index is 497. The van der Waals surface area contributed by atoms with Crippen LogP contribution in [-0.4, -0.2) is 62.3 Å². The smallest absolute Gasteiger partial charge is 0.191 e. The van der Waals surface area contributed by atoms with Gasteiger partial charge in [0.15, 0.2) is 5.96 Å². The molecule has 1 aliphatic heterocycles. The van der Waals surface area contributed by atoms with Crippen LogP contribution in [0.2, 0.25) is 0 Å². The molecule has 0 amide bonds. The molecule has 0 atom stereocenters. The van der Waals surface area contributed by atoms with Crippen molar-refractivity contribution in [1.82, 2.24) is 20.5 Å². The summed E-state index contributed by atoms with van der Waals surface area (Å²) >= 11 is 1.74. The highest BCUT2D eigenvalue weighted by Crippen LogP contribution is 2.16. The number of hydrogen-bond acceptors (Lipinski definition) is 5. The molecule has 1 aromatic heterocycles. The fourth-order valence-electron chi connectivity index (χ4n) is 2.61. The molecule has 0 spiro atoms. The monoisotopic (exact) mass is 339 g/mol. The Morgan fingerprint density at radius 1 is 1.26 bits per heavy atom. The number of nitrogens with one attached hydrogen (secondary N) is 2. The maximum atomic E-state index is 5.36. The highest BCUT2D eigenvalue weighted by atomic mass is 32.1. The average molecular weight is 340 g/mol. The molecule has 1 fully saturated rings. The summed E-state index contributed by atoms with van der Waals surface area (Å²) < 4.78 is 5.36. The van der Waals surface area contributed by atoms with Crippen molar-refractivity contribution in [1.29, 1.82) is 0 Å². The van der Waals surface area contributed by atoms with Gasteiger partial charge in [0.2, 0.25) is 0 Å². The van der Waals surface area contributed by atoms with Crippen molar-refractivity contribution in [3.8, 4) is 0 Å². The Balaban J connectivity index is 1.58. The standard InChI is InChI=1S/C16H29N5OS/c1-13-15(23-14(2)20-13)12-19-16(17-3)18-6-4-5-7-21-8-10-22-11-9-21/h4-12H2,1-3H3,(H2,17,18,19). The summed E-state index contributed by atoms with van der Waals surface area (Å²) in [6.07, 6.45) is 2.36. The zero-order valence-electron chi connectivity index (χ0n) is 14.5. The van der Waals surface area contributed by atoms with Gasteiger partial charge in [-0.25, -0.2) is 4.98 Å². The maximum absolute atomic E-state index is 5.36. The van der Waals surface area contributed by atoms with Gasteiger partial charge < -0.3 is 15.4 Å². The second-order valence-corrected chi connectivity index (χ2v) is 7.04. The molecule has 2 N–H and O–H groups in total. The molecule has 1 aromatic rings. The van der Waals surface area contributed by atoms with Crippen molar-refractivity contribution in [2.45, 2.75) is 33.2 Å². The molecule has 6 nitrogen and oxygen atoms in total. The first-order valence-corrected chi connectivity index (χ1v) is 9.18. The fraction of sp³-hybridized carbons (Fsp3) is 0.750. The van der Waals surface area contributed by atoms with E-state index >= 15 is 0 Å². The minimum absolute atomic E-state index is 0.783. The van der Waals surface area contributed by atoms with Gasteiger partial charge in [0.1, 0.15) is 0 Å². The number of thiazole rings is 1. The van der Waals surface area contributed by atoms with E-state index < -0.39 is 0 Å². The summed E-state index contributed by atoms with van der Waals surface area (Å²) in [5, 5.41) is 7.86. The van der Waals surface area contributed by atoms with E-state index in [2.05, 4.69) is 32.4 Å². The van der Waals surface area contributed by atoms with E-state index in [9.17, 15) is 0 Å². The minimum Gasteiger partial charge on any atom is -0.379 e. The molecule has 2 rings (SSSR count). The number of aryl methyl sites for hydroxylation is 2. The zero-order chi connectivity index (χ0) is 16.5. The minimum atomic E-state index is 0.783. The lowest BCUT2D eigenvalue weighted by Gasteiger charge is -2.26. The van der Waals surface area contributed by atoms with Crippen molar-refractivity contribution in [2.24, 2.45) is 4.99 Å². The average Bonchev–Trinajstić information content (AvgIpc) is 2.88. The predicted octanol–water partition coefficient (Wildman–Crippen LogP) is 1.54. The number of guanidine groups is 1. The number of hydrogen-bond donors (Lipinski definition) is 2. The van der Waals surface area contributed by atoms with Crippen molar-refractivity contribution in [3.05, 3.63) is 15.6 Å². The SMILES string of the molecule is CN=C(NCCCCN1CCOCC1)NCc1sc(C)nc1C. The fourth-order valence-corrected chi connectivity index (χ4v) is 3.49. The lowest BCUT2D eigenvalue weighted by Crippen LogP contribution is -2.38. The summed E-state index contributed by atoms with van der Waals surface area (Å²) in [4.78, 5) is 12.5. The van der Waals surface area contributed by atoms with Crippen molar-refractivity contribution in [2.75, 3.05) is 46.4 Å². The largest absolute Gasteiger partial charge is 0.379 e. The van der Waals surface area contributed by atoms with Gasteiger partial charge in [-0.1, -0.05) is 0 Å². The third-order valence-electron chi connectivity index (χ3n) is 3.94. The number of morpholine rings is 1. The van der Waals surface area contributed by atoms with E-state index in [1.807, 2.05) is 14.0 Å². The zero-order valence-corrected chi connectivity index (χ0v) is 15.3. The molecular formula is C16H29N5OS. The van der Waals surface area contributed by atoms with Crippen LogP contribution in [0.15, 0.2) is 4.99 Å². The quantitative estimate of drug-likeness (QED) is 0.448. The lowest BCUT2D eigenvalue weighted by atomic mass is 10.3. The van der Waals surface area contributed by atoms with Gasteiger partial charge in [-0.15, -0.1) is 11.3 Å². The van der Waals surface area contributed by atoms with Gasteiger partial charge in [-0.05, 0) is 33.2 Å². The Labute approximate surface area is 143 Å². The second kappa shape index (κ2) is 9.85. The summed E-state index contributed by atoms with van der Waals surface area (Å²) in [7, 11) is 1.81. The highest BCUT2D eigenvalue weighted by molar-refractivity contribution is 7.11. The Kier molecular flexibility index (Phi) is 7.78. The highest BCUT2D eigenvalue weighted by Gasteiger charge is 2.09. The van der Waals surface area contributed by atoms with E-state index in [0.29, 0.717) is 0 Å². The first-order valence-electron chi connectivity index (χ1n) is 8.36. The summed E-state index contributed by atoms with van der Waals surface area (Å²) in [6.45, 7) is 10.9. The number of nitrogens with zero attached hydrogens (tertiary/aromatic N) is 3. The third kappa shape index (κ3) is 6.45. The molecule has 0 saturated carbocycles. The molecule has 0 aromatic carbocycles. The molecule has 1 saturated heterocycles. The van der Waals surface area contributed by atoms with Gasteiger partial charge in [-0.2, -0.15) is 0 Å². The van der Waals surface area contributed by atoms with Gasteiger partial charge in [0.25, 0.3) is 0 Å². The Hall–Kier alpha value is -1.18. The number of rotatable bonds is 7. The van der Waals surface area contributed by atoms with E-state index in [4.69, 9.17) is 4.74 Å². The number of aromatic nitrogens is 1. The van der Waals surface area contributed by atoms with E-state index in [-0.39, 0.29) is 0 Å². The van der Waals surface area contributed by atoms with E-state index in [1.54, 1.807) is 11.3 Å². The molecule has 2 heterocycles. The van der Waals surface area contributed by atoms with Crippen LogP contribution < -0.4 is 10.6 Å². The topological polar surface area (TPSA) is 61.8 Å². The van der Waals surface area contributed by atoms with Crippen LogP contribution in [0.4, 0.5) is 0 Å². The molecular weight excluding hydrogens is 310 g/mol. The normalized spacial score (nSPS) is 16.6. The van der Waals surface area contributed by atoms with Crippen LogP contribution in [0, 0.1) is 13.8 Å². The lowest BCUT2D eigenvalue weighted by molar-refractivity contribution is 0.0372. The van der Waals surface area contributed by atoms with Crippen LogP contribution in [0.3, 0.4) is 0 Å². The summed E-state index contributed by atoms with van der Waals surface area (Å²) in [6, 6.07) is 0. The first-order chi connectivity index (χ1) is 11.2. The van der Waals surface area contributed by atoms with Crippen molar-refractivity contribution < 1.29 is 4.74 Å². The molecule has 0 unspecified atom stereocenters. The Morgan fingerprint density at radius 3 is 2.70 bits per heavy atom. The van der Waals surface area contributed by atoms with E-state index in [0.717, 1.165) is 69.0 Å². The molecule has 0 bridgehead atoms.